The number of nitrogens with two attached hydrogens (primary N) is 1. The number of ether oxygens (including phenoxy) is 1. The first-order valence-electron chi connectivity index (χ1n) is 8.80. The van der Waals surface area contributed by atoms with Crippen molar-refractivity contribution in [3.63, 3.8) is 0 Å². The average Bonchev–Trinajstić information content (AvgIpc) is 2.72. The van der Waals surface area contributed by atoms with Gasteiger partial charge in [-0.05, 0) is 36.4 Å². The molecule has 0 radical (unpaired) electrons. The number of nitrogen functional groups attached to an aromatic ring is 1. The molecule has 1 aliphatic rings. The van der Waals surface area contributed by atoms with Crippen molar-refractivity contribution in [1.29, 1.82) is 0 Å². The van der Waals surface area contributed by atoms with E-state index in [4.69, 9.17) is 10.5 Å². The molecule has 0 spiro atoms. The van der Waals surface area contributed by atoms with Gasteiger partial charge in [0.25, 0.3) is 0 Å². The van der Waals surface area contributed by atoms with E-state index in [-0.39, 0.29) is 11.8 Å². The van der Waals surface area contributed by atoms with Gasteiger partial charge in [0.15, 0.2) is 11.6 Å². The highest BCUT2D eigenvalue weighted by Crippen LogP contribution is 2.31. The predicted octanol–water partition coefficient (Wildman–Crippen LogP) is 3.32. The van der Waals surface area contributed by atoms with Crippen LogP contribution >= 0.6 is 0 Å². The number of aromatic nitrogens is 2. The van der Waals surface area contributed by atoms with Gasteiger partial charge in [0.2, 0.25) is 5.95 Å². The Kier molecular flexibility index (Phi) is 4.74. The molecule has 0 bridgehead atoms. The molecule has 6 nitrogen and oxygen atoms in total. The van der Waals surface area contributed by atoms with Gasteiger partial charge >= 0.3 is 0 Å². The Morgan fingerprint density at radius 3 is 2.26 bits per heavy atom. The first-order chi connectivity index (χ1) is 13.2. The van der Waals surface area contributed by atoms with Gasteiger partial charge in [-0.25, -0.2) is 9.37 Å². The third-order valence-electron chi connectivity index (χ3n) is 4.50. The van der Waals surface area contributed by atoms with Gasteiger partial charge in [-0.2, -0.15) is 4.98 Å². The van der Waals surface area contributed by atoms with E-state index >= 15 is 0 Å². The fraction of sp³-hybridized carbons (Fsp3) is 0.200. The van der Waals surface area contributed by atoms with E-state index in [1.807, 2.05) is 18.2 Å². The Balaban J connectivity index is 1.51. The summed E-state index contributed by atoms with van der Waals surface area (Å²) in [4.78, 5) is 12.9. The van der Waals surface area contributed by atoms with Crippen molar-refractivity contribution in [2.75, 3.05) is 41.7 Å². The molecule has 0 saturated carbocycles. The van der Waals surface area contributed by atoms with E-state index < -0.39 is 0 Å². The lowest BCUT2D eigenvalue weighted by atomic mass is 10.2. The third-order valence-corrected chi connectivity index (χ3v) is 4.50. The van der Waals surface area contributed by atoms with Crippen LogP contribution in [0.3, 0.4) is 0 Å². The van der Waals surface area contributed by atoms with Crippen LogP contribution in [0, 0.1) is 5.82 Å². The summed E-state index contributed by atoms with van der Waals surface area (Å²) in [5, 5.41) is 0. The van der Waals surface area contributed by atoms with Crippen LogP contribution in [0.25, 0.3) is 0 Å². The van der Waals surface area contributed by atoms with Gasteiger partial charge < -0.3 is 20.3 Å². The number of hydrogen-bond acceptors (Lipinski definition) is 6. The highest BCUT2D eigenvalue weighted by Gasteiger charge is 2.22. The maximum atomic E-state index is 13.1. The van der Waals surface area contributed by atoms with E-state index in [1.54, 1.807) is 18.3 Å². The first-order valence-corrected chi connectivity index (χ1v) is 8.80. The zero-order valence-electron chi connectivity index (χ0n) is 14.8. The maximum Gasteiger partial charge on any atom is 0.222 e. The lowest BCUT2D eigenvalue weighted by Gasteiger charge is -2.37. The summed E-state index contributed by atoms with van der Waals surface area (Å²) in [6.07, 6.45) is 1.56. The molecule has 3 aromatic rings. The Morgan fingerprint density at radius 1 is 0.889 bits per heavy atom. The van der Waals surface area contributed by atoms with Crippen LogP contribution in [-0.2, 0) is 0 Å². The quantitative estimate of drug-likeness (QED) is 0.765. The number of piperazine rings is 1. The molecule has 2 heterocycles. The lowest BCUT2D eigenvalue weighted by molar-refractivity contribution is 0.472. The molecule has 0 unspecified atom stereocenters. The predicted molar refractivity (Wildman–Crippen MR) is 104 cm³/mol. The molecule has 0 amide bonds. The summed E-state index contributed by atoms with van der Waals surface area (Å²) in [6.45, 7) is 3.30. The van der Waals surface area contributed by atoms with Crippen LogP contribution in [0.2, 0.25) is 0 Å². The molecule has 2 N–H and O–H groups in total. The minimum Gasteiger partial charge on any atom is -0.452 e. The van der Waals surface area contributed by atoms with E-state index in [0.717, 1.165) is 26.2 Å². The van der Waals surface area contributed by atoms with E-state index in [9.17, 15) is 4.39 Å². The number of anilines is 3. The SMILES string of the molecule is Nc1ncc(Oc2ccc(F)cc2)c(N2CCN(c3ccccc3)CC2)n1. The molecule has 1 saturated heterocycles. The standard InChI is InChI=1S/C20H20FN5O/c21-15-6-8-17(9-7-15)27-18-14-23-20(22)24-19(18)26-12-10-25(11-13-26)16-4-2-1-3-5-16/h1-9,14H,10-13H2,(H2,22,23,24). The van der Waals surface area contributed by atoms with Gasteiger partial charge in [0.05, 0.1) is 6.20 Å². The fourth-order valence-corrected chi connectivity index (χ4v) is 3.12. The monoisotopic (exact) mass is 365 g/mol. The highest BCUT2D eigenvalue weighted by atomic mass is 19.1. The molecule has 27 heavy (non-hydrogen) atoms. The molecule has 1 aromatic heterocycles. The van der Waals surface area contributed by atoms with Gasteiger partial charge in [-0.3, -0.25) is 0 Å². The Bertz CT molecular complexity index is 896. The van der Waals surface area contributed by atoms with Crippen molar-refractivity contribution in [2.24, 2.45) is 0 Å². The molecule has 1 aliphatic heterocycles. The molecule has 7 heteroatoms. The Hall–Kier alpha value is -3.35. The average molecular weight is 365 g/mol. The van der Waals surface area contributed by atoms with Crippen LogP contribution in [0.1, 0.15) is 0 Å². The third kappa shape index (κ3) is 3.92. The summed E-state index contributed by atoms with van der Waals surface area (Å²) in [7, 11) is 0. The number of nitrogens with zero attached hydrogens (tertiary/aromatic N) is 4. The minimum atomic E-state index is -0.312. The van der Waals surface area contributed by atoms with Crippen molar-refractivity contribution in [3.8, 4) is 11.5 Å². The van der Waals surface area contributed by atoms with Crippen LogP contribution < -0.4 is 20.3 Å². The number of para-hydroxylation sites is 1. The Morgan fingerprint density at radius 2 is 1.56 bits per heavy atom. The number of halogens is 1. The highest BCUT2D eigenvalue weighted by molar-refractivity contribution is 5.57. The van der Waals surface area contributed by atoms with Gasteiger partial charge in [0, 0.05) is 31.9 Å². The minimum absolute atomic E-state index is 0.196. The second-order valence-electron chi connectivity index (χ2n) is 6.28. The molecular weight excluding hydrogens is 345 g/mol. The summed E-state index contributed by atoms with van der Waals surface area (Å²) < 4.78 is 19.0. The zero-order valence-corrected chi connectivity index (χ0v) is 14.8. The second kappa shape index (κ2) is 7.49. The van der Waals surface area contributed by atoms with Crippen molar-refractivity contribution in [3.05, 3.63) is 66.6 Å². The van der Waals surface area contributed by atoms with Gasteiger partial charge in [0.1, 0.15) is 11.6 Å². The second-order valence-corrected chi connectivity index (χ2v) is 6.28. The normalized spacial score (nSPS) is 14.3. The molecule has 0 aliphatic carbocycles. The summed E-state index contributed by atoms with van der Waals surface area (Å²) in [5.74, 6) is 1.56. The van der Waals surface area contributed by atoms with Crippen LogP contribution in [0.15, 0.2) is 60.8 Å². The molecule has 138 valence electrons. The van der Waals surface area contributed by atoms with Crippen molar-refractivity contribution in [1.82, 2.24) is 9.97 Å². The fourth-order valence-electron chi connectivity index (χ4n) is 3.12. The largest absolute Gasteiger partial charge is 0.452 e. The van der Waals surface area contributed by atoms with Gasteiger partial charge in [-0.1, -0.05) is 18.2 Å². The molecule has 2 aromatic carbocycles. The number of benzene rings is 2. The van der Waals surface area contributed by atoms with Gasteiger partial charge in [-0.15, -0.1) is 0 Å². The number of hydrogen-bond donors (Lipinski definition) is 1. The molecule has 1 fully saturated rings. The van der Waals surface area contributed by atoms with Crippen molar-refractivity contribution in [2.45, 2.75) is 0 Å². The smallest absolute Gasteiger partial charge is 0.222 e. The zero-order chi connectivity index (χ0) is 18.6. The molecular formula is C20H20FN5O. The molecule has 0 atom stereocenters. The van der Waals surface area contributed by atoms with Crippen LogP contribution in [-0.4, -0.2) is 36.1 Å². The van der Waals surface area contributed by atoms with E-state index in [1.165, 1.54) is 17.8 Å². The lowest BCUT2D eigenvalue weighted by Crippen LogP contribution is -2.47. The van der Waals surface area contributed by atoms with Crippen LogP contribution in [0.4, 0.5) is 21.8 Å². The van der Waals surface area contributed by atoms with Crippen LogP contribution in [0.5, 0.6) is 11.5 Å². The summed E-state index contributed by atoms with van der Waals surface area (Å²) in [5.41, 5.74) is 7.01. The first kappa shape index (κ1) is 17.1. The summed E-state index contributed by atoms with van der Waals surface area (Å²) in [6, 6.07) is 16.2. The number of rotatable bonds is 4. The van der Waals surface area contributed by atoms with Crippen molar-refractivity contribution < 1.29 is 9.13 Å². The summed E-state index contributed by atoms with van der Waals surface area (Å²) >= 11 is 0. The Labute approximate surface area is 157 Å². The topological polar surface area (TPSA) is 67.5 Å². The van der Waals surface area contributed by atoms with E-state index in [0.29, 0.717) is 17.3 Å². The maximum absolute atomic E-state index is 13.1. The van der Waals surface area contributed by atoms with E-state index in [2.05, 4.69) is 31.9 Å². The van der Waals surface area contributed by atoms with Crippen molar-refractivity contribution >= 4 is 17.5 Å². The molecule has 4 rings (SSSR count).